The summed E-state index contributed by atoms with van der Waals surface area (Å²) in [6.45, 7) is 0. The van der Waals surface area contributed by atoms with Crippen LogP contribution in [0.25, 0.3) is 10.9 Å². The SMILES string of the molecule is N#CC(c1ccccn1)c1ccnc2ccccc12. The first-order chi connectivity index (χ1) is 9.40. The van der Waals surface area contributed by atoms with Crippen molar-refractivity contribution >= 4 is 10.9 Å². The quantitative estimate of drug-likeness (QED) is 0.696. The second-order valence-electron chi connectivity index (χ2n) is 4.23. The molecule has 3 nitrogen and oxygen atoms in total. The lowest BCUT2D eigenvalue weighted by atomic mass is 9.94. The lowest BCUT2D eigenvalue weighted by Crippen LogP contribution is -2.01. The molecule has 0 spiro atoms. The molecule has 0 amide bonds. The number of hydrogen-bond acceptors (Lipinski definition) is 3. The van der Waals surface area contributed by atoms with Gasteiger partial charge in [0, 0.05) is 17.8 Å². The number of pyridine rings is 2. The van der Waals surface area contributed by atoms with Crippen LogP contribution in [-0.4, -0.2) is 9.97 Å². The van der Waals surface area contributed by atoms with E-state index in [-0.39, 0.29) is 5.92 Å². The van der Waals surface area contributed by atoms with E-state index in [2.05, 4.69) is 16.0 Å². The van der Waals surface area contributed by atoms with Gasteiger partial charge in [-0.15, -0.1) is 0 Å². The summed E-state index contributed by atoms with van der Waals surface area (Å²) in [5.74, 6) is -0.367. The largest absolute Gasteiger partial charge is 0.260 e. The summed E-state index contributed by atoms with van der Waals surface area (Å²) in [6.07, 6.45) is 3.45. The fourth-order valence-corrected chi connectivity index (χ4v) is 2.21. The van der Waals surface area contributed by atoms with Gasteiger partial charge in [0.25, 0.3) is 0 Å². The minimum Gasteiger partial charge on any atom is -0.260 e. The number of para-hydroxylation sites is 1. The highest BCUT2D eigenvalue weighted by atomic mass is 14.7. The molecule has 0 aliphatic carbocycles. The summed E-state index contributed by atoms with van der Waals surface area (Å²) in [6, 6.07) is 17.7. The second-order valence-corrected chi connectivity index (χ2v) is 4.23. The number of nitrogens with zero attached hydrogens (tertiary/aromatic N) is 3. The Kier molecular flexibility index (Phi) is 2.91. The lowest BCUT2D eigenvalue weighted by Gasteiger charge is -2.11. The van der Waals surface area contributed by atoms with E-state index >= 15 is 0 Å². The molecular weight excluding hydrogens is 234 g/mol. The molecule has 90 valence electrons. The number of benzene rings is 1. The van der Waals surface area contributed by atoms with E-state index in [9.17, 15) is 5.26 Å². The average molecular weight is 245 g/mol. The molecule has 0 aliphatic heterocycles. The fourth-order valence-electron chi connectivity index (χ4n) is 2.21. The van der Waals surface area contributed by atoms with Gasteiger partial charge < -0.3 is 0 Å². The van der Waals surface area contributed by atoms with Crippen molar-refractivity contribution in [3.63, 3.8) is 0 Å². The standard InChI is InChI=1S/C16H11N3/c17-11-14(16-7-3-4-9-18-16)12-8-10-19-15-6-2-1-5-13(12)15/h1-10,14H. The Balaban J connectivity index is 2.21. The molecule has 0 fully saturated rings. The van der Waals surface area contributed by atoms with Gasteiger partial charge in [-0.2, -0.15) is 5.26 Å². The van der Waals surface area contributed by atoms with Gasteiger partial charge in [-0.1, -0.05) is 24.3 Å². The van der Waals surface area contributed by atoms with Crippen LogP contribution in [0.3, 0.4) is 0 Å². The molecular formula is C16H11N3. The number of rotatable bonds is 2. The molecule has 1 aromatic carbocycles. The molecule has 3 aromatic rings. The monoisotopic (exact) mass is 245 g/mol. The Morgan fingerprint density at radius 3 is 2.53 bits per heavy atom. The molecule has 0 aliphatic rings. The Bertz CT molecular complexity index is 739. The van der Waals surface area contributed by atoms with E-state index in [1.807, 2.05) is 48.5 Å². The van der Waals surface area contributed by atoms with Crippen LogP contribution >= 0.6 is 0 Å². The van der Waals surface area contributed by atoms with Crippen molar-refractivity contribution in [3.8, 4) is 6.07 Å². The molecule has 2 heterocycles. The fraction of sp³-hybridized carbons (Fsp3) is 0.0625. The predicted octanol–water partition coefficient (Wildman–Crippen LogP) is 3.29. The van der Waals surface area contributed by atoms with E-state index in [4.69, 9.17) is 0 Å². The van der Waals surface area contributed by atoms with Gasteiger partial charge in [0.2, 0.25) is 0 Å². The Morgan fingerprint density at radius 1 is 0.895 bits per heavy atom. The van der Waals surface area contributed by atoms with Crippen LogP contribution in [0.1, 0.15) is 17.2 Å². The maximum absolute atomic E-state index is 9.48. The highest BCUT2D eigenvalue weighted by molar-refractivity contribution is 5.83. The molecule has 1 unspecified atom stereocenters. The van der Waals surface area contributed by atoms with E-state index < -0.39 is 0 Å². The number of hydrogen-bond donors (Lipinski definition) is 0. The molecule has 2 aromatic heterocycles. The number of aromatic nitrogens is 2. The first-order valence-corrected chi connectivity index (χ1v) is 6.04. The van der Waals surface area contributed by atoms with Gasteiger partial charge in [-0.25, -0.2) is 0 Å². The van der Waals surface area contributed by atoms with Gasteiger partial charge in [-0.05, 0) is 29.8 Å². The van der Waals surface area contributed by atoms with Crippen LogP contribution in [0.2, 0.25) is 0 Å². The Hall–Kier alpha value is -2.73. The van der Waals surface area contributed by atoms with Crippen molar-refractivity contribution in [1.29, 1.82) is 5.26 Å². The molecule has 19 heavy (non-hydrogen) atoms. The number of nitriles is 1. The van der Waals surface area contributed by atoms with Crippen molar-refractivity contribution in [2.45, 2.75) is 5.92 Å². The maximum atomic E-state index is 9.48. The van der Waals surface area contributed by atoms with Crippen LogP contribution in [0, 0.1) is 11.3 Å². The smallest absolute Gasteiger partial charge is 0.114 e. The van der Waals surface area contributed by atoms with Crippen molar-refractivity contribution in [1.82, 2.24) is 9.97 Å². The lowest BCUT2D eigenvalue weighted by molar-refractivity contribution is 0.972. The maximum Gasteiger partial charge on any atom is 0.114 e. The van der Waals surface area contributed by atoms with E-state index in [0.717, 1.165) is 22.2 Å². The normalized spacial score (nSPS) is 11.9. The third-order valence-electron chi connectivity index (χ3n) is 3.11. The molecule has 3 heteroatoms. The topological polar surface area (TPSA) is 49.6 Å². The molecule has 0 radical (unpaired) electrons. The van der Waals surface area contributed by atoms with Gasteiger partial charge in [-0.3, -0.25) is 9.97 Å². The van der Waals surface area contributed by atoms with Crippen LogP contribution in [0.4, 0.5) is 0 Å². The molecule has 0 N–H and O–H groups in total. The summed E-state index contributed by atoms with van der Waals surface area (Å²) >= 11 is 0. The highest BCUT2D eigenvalue weighted by Gasteiger charge is 2.17. The van der Waals surface area contributed by atoms with E-state index in [0.29, 0.717) is 0 Å². The zero-order valence-corrected chi connectivity index (χ0v) is 10.2. The predicted molar refractivity (Wildman–Crippen MR) is 73.4 cm³/mol. The molecule has 0 saturated heterocycles. The molecule has 0 bridgehead atoms. The van der Waals surface area contributed by atoms with E-state index in [1.54, 1.807) is 12.4 Å². The minimum absolute atomic E-state index is 0.367. The van der Waals surface area contributed by atoms with Crippen molar-refractivity contribution in [2.75, 3.05) is 0 Å². The first kappa shape index (κ1) is 11.4. The van der Waals surface area contributed by atoms with Crippen molar-refractivity contribution in [2.24, 2.45) is 0 Å². The minimum atomic E-state index is -0.367. The van der Waals surface area contributed by atoms with Gasteiger partial charge in [0.1, 0.15) is 5.92 Å². The summed E-state index contributed by atoms with van der Waals surface area (Å²) < 4.78 is 0. The average Bonchev–Trinajstić information content (AvgIpc) is 2.49. The van der Waals surface area contributed by atoms with Crippen molar-refractivity contribution < 1.29 is 0 Å². The third-order valence-corrected chi connectivity index (χ3v) is 3.11. The Labute approximate surface area is 111 Å². The van der Waals surface area contributed by atoms with Crippen molar-refractivity contribution in [3.05, 3.63) is 72.2 Å². The van der Waals surface area contributed by atoms with Gasteiger partial charge in [0.05, 0.1) is 17.3 Å². The summed E-state index contributed by atoms with van der Waals surface area (Å²) in [4.78, 5) is 8.61. The highest BCUT2D eigenvalue weighted by Crippen LogP contribution is 2.28. The molecule has 1 atom stereocenters. The van der Waals surface area contributed by atoms with Crippen LogP contribution in [0.15, 0.2) is 60.9 Å². The summed E-state index contributed by atoms with van der Waals surface area (Å²) in [5.41, 5.74) is 2.62. The number of fused-ring (bicyclic) bond motifs is 1. The van der Waals surface area contributed by atoms with Gasteiger partial charge >= 0.3 is 0 Å². The third kappa shape index (κ3) is 2.04. The van der Waals surface area contributed by atoms with Crippen LogP contribution in [-0.2, 0) is 0 Å². The zero-order chi connectivity index (χ0) is 13.1. The summed E-state index contributed by atoms with van der Waals surface area (Å²) in [7, 11) is 0. The zero-order valence-electron chi connectivity index (χ0n) is 10.2. The molecule has 0 saturated carbocycles. The van der Waals surface area contributed by atoms with E-state index in [1.165, 1.54) is 0 Å². The van der Waals surface area contributed by atoms with Crippen LogP contribution in [0.5, 0.6) is 0 Å². The Morgan fingerprint density at radius 2 is 1.74 bits per heavy atom. The second kappa shape index (κ2) is 4.87. The molecule has 3 rings (SSSR count). The summed E-state index contributed by atoms with van der Waals surface area (Å²) in [5, 5.41) is 10.5. The first-order valence-electron chi connectivity index (χ1n) is 6.04. The van der Waals surface area contributed by atoms with Crippen LogP contribution < -0.4 is 0 Å². The van der Waals surface area contributed by atoms with Gasteiger partial charge in [0.15, 0.2) is 0 Å².